The smallest absolute Gasteiger partial charge is 0.379 e. The Hall–Kier alpha value is -1.85. The van der Waals surface area contributed by atoms with Gasteiger partial charge in [0.2, 0.25) is 5.95 Å². The van der Waals surface area contributed by atoms with Gasteiger partial charge >= 0.3 is 5.97 Å². The molecule has 1 rings (SSSR count). The molecule has 0 saturated heterocycles. The fourth-order valence-corrected chi connectivity index (χ4v) is 0.575. The summed E-state index contributed by atoms with van der Waals surface area (Å²) in [6.07, 6.45) is 2.06. The van der Waals surface area contributed by atoms with Gasteiger partial charge in [-0.1, -0.05) is 0 Å². The van der Waals surface area contributed by atoms with Gasteiger partial charge in [0.1, 0.15) is 0 Å². The van der Waals surface area contributed by atoms with Crippen LogP contribution in [0.2, 0.25) is 0 Å². The summed E-state index contributed by atoms with van der Waals surface area (Å²) in [5.41, 5.74) is -0.773. The van der Waals surface area contributed by atoms with E-state index in [9.17, 15) is 14.0 Å². The highest BCUT2D eigenvalue weighted by Gasteiger charge is 2.20. The first kappa shape index (κ1) is 8.25. The van der Waals surface area contributed by atoms with Crippen LogP contribution in [-0.2, 0) is 4.79 Å². The monoisotopic (exact) mass is 170 g/mol. The molecule has 0 radical (unpaired) electrons. The van der Waals surface area contributed by atoms with E-state index in [1.54, 1.807) is 0 Å². The third-order valence-corrected chi connectivity index (χ3v) is 1.06. The largest absolute Gasteiger partial charge is 0.475 e. The third-order valence-electron chi connectivity index (χ3n) is 1.06. The van der Waals surface area contributed by atoms with Crippen LogP contribution >= 0.6 is 0 Å². The molecule has 0 aliphatic rings. The van der Waals surface area contributed by atoms with Gasteiger partial charge in [0.05, 0.1) is 0 Å². The molecule has 0 amide bonds. The van der Waals surface area contributed by atoms with E-state index in [-0.39, 0.29) is 0 Å². The summed E-state index contributed by atoms with van der Waals surface area (Å²) in [6.45, 7) is 0. The Labute approximate surface area is 65.9 Å². The van der Waals surface area contributed by atoms with Crippen molar-refractivity contribution in [1.29, 1.82) is 0 Å². The van der Waals surface area contributed by atoms with Crippen molar-refractivity contribution in [2.75, 3.05) is 0 Å². The second-order valence-electron chi connectivity index (χ2n) is 1.83. The lowest BCUT2D eigenvalue weighted by atomic mass is 10.3. The molecular weight excluding hydrogens is 167 g/mol. The number of carbonyl (C=O) groups excluding carboxylic acids is 1. The predicted octanol–water partition coefficient (Wildman–Crippen LogP) is -0.117. The summed E-state index contributed by atoms with van der Waals surface area (Å²) in [7, 11) is 0. The summed E-state index contributed by atoms with van der Waals surface area (Å²) >= 11 is 0. The Morgan fingerprint density at radius 2 is 1.92 bits per heavy atom. The number of nitrogens with zero attached hydrogens (tertiary/aromatic N) is 2. The number of ketones is 1. The van der Waals surface area contributed by atoms with Gasteiger partial charge in [0.25, 0.3) is 5.78 Å². The molecule has 6 heteroatoms. The van der Waals surface area contributed by atoms with Gasteiger partial charge in [0, 0.05) is 12.4 Å². The minimum Gasteiger partial charge on any atom is -0.475 e. The third kappa shape index (κ3) is 1.42. The van der Waals surface area contributed by atoms with Crippen molar-refractivity contribution in [1.82, 2.24) is 9.97 Å². The lowest BCUT2D eigenvalue weighted by molar-refractivity contribution is -0.131. The predicted molar refractivity (Wildman–Crippen MR) is 34.0 cm³/mol. The lowest BCUT2D eigenvalue weighted by Gasteiger charge is -1.93. The molecule has 0 spiro atoms. The van der Waals surface area contributed by atoms with Gasteiger partial charge in [-0.2, -0.15) is 4.39 Å². The molecule has 12 heavy (non-hydrogen) atoms. The maximum Gasteiger partial charge on any atom is 0.379 e. The first-order chi connectivity index (χ1) is 5.63. The van der Waals surface area contributed by atoms with E-state index in [4.69, 9.17) is 5.11 Å². The van der Waals surface area contributed by atoms with Crippen molar-refractivity contribution >= 4 is 11.8 Å². The van der Waals surface area contributed by atoms with Gasteiger partial charge in [-0.3, -0.25) is 4.79 Å². The molecule has 1 aromatic heterocycles. The molecule has 1 heterocycles. The molecule has 5 nitrogen and oxygen atoms in total. The van der Waals surface area contributed by atoms with Crippen molar-refractivity contribution in [2.45, 2.75) is 0 Å². The Morgan fingerprint density at radius 1 is 1.33 bits per heavy atom. The number of aromatic nitrogens is 2. The first-order valence-corrected chi connectivity index (χ1v) is 2.87. The van der Waals surface area contributed by atoms with Gasteiger partial charge < -0.3 is 5.11 Å². The Kier molecular flexibility index (Phi) is 2.09. The van der Waals surface area contributed by atoms with Crippen LogP contribution in [0.1, 0.15) is 10.5 Å². The van der Waals surface area contributed by atoms with Crippen LogP contribution in [0.4, 0.5) is 4.39 Å². The highest BCUT2D eigenvalue weighted by atomic mass is 19.1. The Bertz CT molecular complexity index is 339. The average Bonchev–Trinajstić information content (AvgIpc) is 2.04. The van der Waals surface area contributed by atoms with Crippen LogP contribution < -0.4 is 0 Å². The fraction of sp³-hybridized carbons (Fsp3) is 0. The molecule has 0 bridgehead atoms. The number of hydrogen-bond donors (Lipinski definition) is 1. The molecule has 0 aromatic carbocycles. The maximum atomic E-state index is 12.5. The van der Waals surface area contributed by atoms with Crippen molar-refractivity contribution in [2.24, 2.45) is 0 Å². The molecule has 0 unspecified atom stereocenters. The number of aliphatic carboxylic acids is 1. The highest BCUT2D eigenvalue weighted by Crippen LogP contribution is 1.99. The minimum atomic E-state index is -1.76. The summed E-state index contributed by atoms with van der Waals surface area (Å²) in [5, 5.41) is 8.18. The molecule has 62 valence electrons. The zero-order chi connectivity index (χ0) is 9.14. The van der Waals surface area contributed by atoms with Crippen molar-refractivity contribution in [3.8, 4) is 0 Å². The van der Waals surface area contributed by atoms with E-state index in [0.717, 1.165) is 12.4 Å². The maximum absolute atomic E-state index is 12.5. The van der Waals surface area contributed by atoms with Crippen LogP contribution in [-0.4, -0.2) is 26.8 Å². The SMILES string of the molecule is O=C(O)C(=O)c1nccnc1F. The highest BCUT2D eigenvalue weighted by molar-refractivity contribution is 6.39. The number of carboxylic acid groups (broad SMARTS) is 1. The van der Waals surface area contributed by atoms with E-state index in [2.05, 4.69) is 9.97 Å². The van der Waals surface area contributed by atoms with Crippen molar-refractivity contribution in [3.63, 3.8) is 0 Å². The molecule has 0 fully saturated rings. The molecule has 1 N–H and O–H groups in total. The van der Waals surface area contributed by atoms with Gasteiger partial charge in [0.15, 0.2) is 5.69 Å². The Morgan fingerprint density at radius 3 is 2.42 bits per heavy atom. The van der Waals surface area contributed by atoms with E-state index in [1.807, 2.05) is 0 Å². The van der Waals surface area contributed by atoms with Crippen LogP contribution in [0.3, 0.4) is 0 Å². The van der Waals surface area contributed by atoms with Crippen LogP contribution in [0.15, 0.2) is 12.4 Å². The lowest BCUT2D eigenvalue weighted by Crippen LogP contribution is -2.16. The van der Waals surface area contributed by atoms with Crippen LogP contribution in [0, 0.1) is 5.95 Å². The molecule has 0 aliphatic carbocycles. The number of halogens is 1. The molecule has 0 saturated carbocycles. The number of Topliss-reactive ketones (excluding diaryl/α,β-unsaturated/α-hetero) is 1. The second kappa shape index (κ2) is 3.04. The molecule has 0 aliphatic heterocycles. The number of carbonyl (C=O) groups is 2. The normalized spacial score (nSPS) is 9.42. The number of rotatable bonds is 2. The summed E-state index contributed by atoms with van der Waals surface area (Å²) < 4.78 is 12.5. The van der Waals surface area contributed by atoms with Crippen LogP contribution in [0.25, 0.3) is 0 Å². The first-order valence-electron chi connectivity index (χ1n) is 2.87. The second-order valence-corrected chi connectivity index (χ2v) is 1.83. The van der Waals surface area contributed by atoms with E-state index in [1.165, 1.54) is 0 Å². The fourth-order valence-electron chi connectivity index (χ4n) is 0.575. The zero-order valence-electron chi connectivity index (χ0n) is 5.69. The van der Waals surface area contributed by atoms with E-state index in [0.29, 0.717) is 0 Å². The molecule has 1 aromatic rings. The summed E-state index contributed by atoms with van der Waals surface area (Å²) in [4.78, 5) is 27.0. The standard InChI is InChI=1S/C6H3FN2O3/c7-5-3(4(10)6(11)12)8-1-2-9-5/h1-2H,(H,11,12). The number of hydrogen-bond acceptors (Lipinski definition) is 4. The van der Waals surface area contributed by atoms with Gasteiger partial charge in [-0.05, 0) is 0 Å². The average molecular weight is 170 g/mol. The Balaban J connectivity index is 3.11. The van der Waals surface area contributed by atoms with E-state index >= 15 is 0 Å². The van der Waals surface area contributed by atoms with Gasteiger partial charge in [-0.15, -0.1) is 0 Å². The molecular formula is C6H3FN2O3. The summed E-state index contributed by atoms with van der Waals surface area (Å²) in [5.74, 6) is -4.33. The minimum absolute atomic E-state index is 0.773. The quantitative estimate of drug-likeness (QED) is 0.494. The van der Waals surface area contributed by atoms with Crippen molar-refractivity contribution < 1.29 is 19.1 Å². The van der Waals surface area contributed by atoms with Crippen LogP contribution in [0.5, 0.6) is 0 Å². The van der Waals surface area contributed by atoms with E-state index < -0.39 is 23.4 Å². The zero-order valence-corrected chi connectivity index (χ0v) is 5.69. The number of carboxylic acids is 1. The topological polar surface area (TPSA) is 80.1 Å². The summed E-state index contributed by atoms with van der Waals surface area (Å²) in [6, 6.07) is 0. The van der Waals surface area contributed by atoms with Gasteiger partial charge in [-0.25, -0.2) is 14.8 Å². The van der Waals surface area contributed by atoms with Crippen molar-refractivity contribution in [3.05, 3.63) is 24.0 Å². The molecule has 0 atom stereocenters.